The topological polar surface area (TPSA) is 23.5 Å². The number of likely N-dealkylation sites (N-methyl/N-ethyl adjacent to an activating group) is 1. The van der Waals surface area contributed by atoms with E-state index in [1.54, 1.807) is 0 Å². The van der Waals surface area contributed by atoms with Gasteiger partial charge in [-0.15, -0.1) is 0 Å². The fourth-order valence-electron chi connectivity index (χ4n) is 4.52. The highest BCUT2D eigenvalue weighted by Gasteiger charge is 2.49. The van der Waals surface area contributed by atoms with Crippen LogP contribution in [-0.4, -0.2) is 23.6 Å². The molecule has 3 heteroatoms. The van der Waals surface area contributed by atoms with E-state index in [4.69, 9.17) is 11.6 Å². The van der Waals surface area contributed by atoms with E-state index in [2.05, 4.69) is 42.3 Å². The van der Waals surface area contributed by atoms with Crippen LogP contribution in [0.15, 0.2) is 42.5 Å². The molecule has 0 aromatic heterocycles. The van der Waals surface area contributed by atoms with Crippen LogP contribution < -0.4 is 0 Å². The third kappa shape index (κ3) is 2.28. The van der Waals surface area contributed by atoms with E-state index in [0.29, 0.717) is 11.1 Å². The molecule has 2 aromatic carbocycles. The molecule has 120 valence electrons. The Morgan fingerprint density at radius 2 is 1.91 bits per heavy atom. The summed E-state index contributed by atoms with van der Waals surface area (Å²) in [6.45, 7) is 1.04. The van der Waals surface area contributed by atoms with Crippen molar-refractivity contribution in [3.8, 4) is 5.75 Å². The van der Waals surface area contributed by atoms with Gasteiger partial charge in [-0.1, -0.05) is 48.4 Å². The van der Waals surface area contributed by atoms with Gasteiger partial charge in [0.25, 0.3) is 0 Å². The molecule has 1 unspecified atom stereocenters. The van der Waals surface area contributed by atoms with Crippen LogP contribution in [0.2, 0.25) is 5.02 Å². The Labute approximate surface area is 142 Å². The van der Waals surface area contributed by atoms with Crippen molar-refractivity contribution < 1.29 is 5.11 Å². The minimum absolute atomic E-state index is 0.158. The highest BCUT2D eigenvalue weighted by Crippen LogP contribution is 2.56. The molecule has 0 saturated heterocycles. The van der Waals surface area contributed by atoms with Crippen LogP contribution in [0.3, 0.4) is 0 Å². The number of aromatic hydroxyl groups is 1. The summed E-state index contributed by atoms with van der Waals surface area (Å²) in [5, 5.41) is 10.6. The van der Waals surface area contributed by atoms with Crippen LogP contribution in [0.5, 0.6) is 5.75 Å². The van der Waals surface area contributed by atoms with Gasteiger partial charge in [0.05, 0.1) is 5.02 Å². The van der Waals surface area contributed by atoms with E-state index in [-0.39, 0.29) is 11.2 Å². The molecule has 0 radical (unpaired) electrons. The van der Waals surface area contributed by atoms with Gasteiger partial charge in [-0.3, -0.25) is 4.90 Å². The van der Waals surface area contributed by atoms with Gasteiger partial charge in [-0.05, 0) is 55.1 Å². The lowest BCUT2D eigenvalue weighted by atomic mass is 9.57. The fourth-order valence-corrected chi connectivity index (χ4v) is 4.71. The minimum atomic E-state index is 0.158. The minimum Gasteiger partial charge on any atom is -0.506 e. The lowest BCUT2D eigenvalue weighted by molar-refractivity contribution is 0.0716. The zero-order valence-corrected chi connectivity index (χ0v) is 14.2. The predicted molar refractivity (Wildman–Crippen MR) is 94.2 cm³/mol. The molecule has 1 heterocycles. The monoisotopic (exact) mass is 327 g/mol. The maximum atomic E-state index is 10.2. The second kappa shape index (κ2) is 5.54. The largest absolute Gasteiger partial charge is 0.506 e. The summed E-state index contributed by atoms with van der Waals surface area (Å²) >= 11 is 6.15. The van der Waals surface area contributed by atoms with Crippen LogP contribution >= 0.6 is 11.6 Å². The summed E-state index contributed by atoms with van der Waals surface area (Å²) in [5.41, 5.74) is 4.12. The van der Waals surface area contributed by atoms with Crippen LogP contribution in [0.1, 0.15) is 42.0 Å². The average molecular weight is 328 g/mol. The zero-order chi connectivity index (χ0) is 16.0. The molecular formula is C20H22ClNO. The molecule has 1 aliphatic heterocycles. The third-order valence-corrected chi connectivity index (χ3v) is 6.10. The Morgan fingerprint density at radius 3 is 2.57 bits per heavy atom. The number of phenolic OH excluding ortho intramolecular Hbond substituents is 1. The first kappa shape index (κ1) is 15.0. The Bertz CT molecular complexity index is 724. The second-order valence-electron chi connectivity index (χ2n) is 7.01. The van der Waals surface area contributed by atoms with Crippen LogP contribution in [0, 0.1) is 0 Å². The molecule has 1 N–H and O–H groups in total. The summed E-state index contributed by atoms with van der Waals surface area (Å²) in [6.07, 6.45) is 4.67. The van der Waals surface area contributed by atoms with Crippen LogP contribution in [0.25, 0.3) is 0 Å². The van der Waals surface area contributed by atoms with E-state index >= 15 is 0 Å². The maximum absolute atomic E-state index is 10.2. The van der Waals surface area contributed by atoms with Crippen molar-refractivity contribution >= 4 is 11.6 Å². The number of benzene rings is 2. The van der Waals surface area contributed by atoms with E-state index in [0.717, 1.165) is 13.0 Å². The number of fused-ring (bicyclic) bond motifs is 1. The molecule has 0 spiro atoms. The Morgan fingerprint density at radius 1 is 1.17 bits per heavy atom. The van der Waals surface area contributed by atoms with E-state index < -0.39 is 0 Å². The first-order valence-electron chi connectivity index (χ1n) is 8.39. The summed E-state index contributed by atoms with van der Waals surface area (Å²) in [4.78, 5) is 2.46. The summed E-state index contributed by atoms with van der Waals surface area (Å²) in [6, 6.07) is 15.1. The maximum Gasteiger partial charge on any atom is 0.134 e. The Hall–Kier alpha value is -1.51. The van der Waals surface area contributed by atoms with Gasteiger partial charge in [0.1, 0.15) is 5.75 Å². The molecule has 2 nitrogen and oxygen atoms in total. The molecule has 4 rings (SSSR count). The van der Waals surface area contributed by atoms with Crippen molar-refractivity contribution in [1.29, 1.82) is 0 Å². The lowest BCUT2D eigenvalue weighted by Gasteiger charge is -2.53. The van der Waals surface area contributed by atoms with E-state index in [1.807, 2.05) is 12.1 Å². The first-order valence-corrected chi connectivity index (χ1v) is 8.77. The highest BCUT2D eigenvalue weighted by molar-refractivity contribution is 6.32. The number of phenols is 1. The van der Waals surface area contributed by atoms with Crippen molar-refractivity contribution in [2.45, 2.75) is 37.1 Å². The summed E-state index contributed by atoms with van der Waals surface area (Å²) < 4.78 is 0. The van der Waals surface area contributed by atoms with Gasteiger partial charge in [-0.25, -0.2) is 0 Å². The quantitative estimate of drug-likeness (QED) is 0.864. The molecule has 0 bridgehead atoms. The van der Waals surface area contributed by atoms with Crippen LogP contribution in [-0.2, 0) is 11.8 Å². The Balaban J connectivity index is 1.86. The molecule has 1 saturated carbocycles. The van der Waals surface area contributed by atoms with Gasteiger partial charge < -0.3 is 5.11 Å². The average Bonchev–Trinajstić information content (AvgIpc) is 2.51. The standard InChI is InChI=1S/C20H22ClNO/c1-22-11-8-14-12-17(21)18(23)13-16(14)19(22)20(9-5-10-20)15-6-3-2-4-7-15/h2-4,6-7,12-13,19,23H,5,8-11H2,1H3. The molecule has 1 fully saturated rings. The molecule has 1 atom stereocenters. The van der Waals surface area contributed by atoms with Crippen molar-refractivity contribution in [1.82, 2.24) is 4.90 Å². The van der Waals surface area contributed by atoms with E-state index in [1.165, 1.54) is 36.0 Å². The smallest absolute Gasteiger partial charge is 0.134 e. The Kier molecular flexibility index (Phi) is 3.62. The predicted octanol–water partition coefficient (Wildman–Crippen LogP) is 4.70. The van der Waals surface area contributed by atoms with Gasteiger partial charge in [0, 0.05) is 18.0 Å². The van der Waals surface area contributed by atoms with Crippen molar-refractivity contribution in [2.75, 3.05) is 13.6 Å². The number of hydrogen-bond acceptors (Lipinski definition) is 2. The number of hydrogen-bond donors (Lipinski definition) is 1. The first-order chi connectivity index (χ1) is 11.1. The molecular weight excluding hydrogens is 306 g/mol. The van der Waals surface area contributed by atoms with Crippen LogP contribution in [0.4, 0.5) is 0 Å². The number of halogens is 1. The van der Waals surface area contributed by atoms with Crippen molar-refractivity contribution in [3.63, 3.8) is 0 Å². The lowest BCUT2D eigenvalue weighted by Crippen LogP contribution is -2.49. The SMILES string of the molecule is CN1CCc2cc(Cl)c(O)cc2C1C1(c2ccccc2)CCC1. The zero-order valence-electron chi connectivity index (χ0n) is 13.4. The molecule has 2 aromatic rings. The van der Waals surface area contributed by atoms with Gasteiger partial charge >= 0.3 is 0 Å². The normalized spacial score (nSPS) is 23.1. The van der Waals surface area contributed by atoms with Crippen molar-refractivity contribution in [2.24, 2.45) is 0 Å². The summed E-state index contributed by atoms with van der Waals surface area (Å²) in [5.74, 6) is 0.202. The molecule has 0 amide bonds. The third-order valence-electron chi connectivity index (χ3n) is 5.80. The molecule has 1 aliphatic carbocycles. The molecule has 2 aliphatic rings. The summed E-state index contributed by atoms with van der Waals surface area (Å²) in [7, 11) is 2.21. The van der Waals surface area contributed by atoms with E-state index in [9.17, 15) is 5.11 Å². The number of rotatable bonds is 2. The van der Waals surface area contributed by atoms with Gasteiger partial charge in [0.15, 0.2) is 0 Å². The fraction of sp³-hybridized carbons (Fsp3) is 0.400. The van der Waals surface area contributed by atoms with Gasteiger partial charge in [0.2, 0.25) is 0 Å². The highest BCUT2D eigenvalue weighted by atomic mass is 35.5. The molecule has 23 heavy (non-hydrogen) atoms. The second-order valence-corrected chi connectivity index (χ2v) is 7.42. The number of nitrogens with zero attached hydrogens (tertiary/aromatic N) is 1. The van der Waals surface area contributed by atoms with Gasteiger partial charge in [-0.2, -0.15) is 0 Å². The van der Waals surface area contributed by atoms with Crippen molar-refractivity contribution in [3.05, 3.63) is 64.2 Å².